The van der Waals surface area contributed by atoms with Crippen molar-refractivity contribution in [3.05, 3.63) is 34.9 Å². The second kappa shape index (κ2) is 5.59. The van der Waals surface area contributed by atoms with Crippen LogP contribution in [0, 0.1) is 0 Å². The van der Waals surface area contributed by atoms with E-state index in [0.717, 1.165) is 0 Å². The predicted octanol–water partition coefficient (Wildman–Crippen LogP) is 3.30. The standard InChI is InChI=1S/C12H14Cl2O3S/c1-3-12(14,18(16,17)4-2)11(15)9-6-5-7-10(13)8-9/h5-8H,3-4H2,1-2H3/t12-/m0/s1. The number of benzene rings is 1. The molecule has 0 aromatic heterocycles. The summed E-state index contributed by atoms with van der Waals surface area (Å²) in [5.74, 6) is -0.813. The molecule has 100 valence electrons. The van der Waals surface area contributed by atoms with Crippen LogP contribution in [0.4, 0.5) is 0 Å². The number of carbonyl (C=O) groups is 1. The van der Waals surface area contributed by atoms with Gasteiger partial charge in [0, 0.05) is 16.3 Å². The summed E-state index contributed by atoms with van der Waals surface area (Å²) in [5.41, 5.74) is 0.205. The molecule has 0 bridgehead atoms. The Labute approximate surface area is 117 Å². The third-order valence-corrected chi connectivity index (χ3v) is 6.35. The van der Waals surface area contributed by atoms with E-state index < -0.39 is 19.8 Å². The molecule has 3 nitrogen and oxygen atoms in total. The number of hydrogen-bond donors (Lipinski definition) is 0. The molecule has 0 unspecified atom stereocenters. The van der Waals surface area contributed by atoms with Crippen molar-refractivity contribution in [2.75, 3.05) is 5.75 Å². The van der Waals surface area contributed by atoms with Gasteiger partial charge in [-0.15, -0.1) is 0 Å². The fraction of sp³-hybridized carbons (Fsp3) is 0.417. The van der Waals surface area contributed by atoms with Crippen molar-refractivity contribution < 1.29 is 13.2 Å². The number of ketones is 1. The molecule has 0 spiro atoms. The number of carbonyl (C=O) groups excluding carboxylic acids is 1. The monoisotopic (exact) mass is 308 g/mol. The summed E-state index contributed by atoms with van der Waals surface area (Å²) in [7, 11) is -3.70. The Balaban J connectivity index is 3.31. The molecule has 1 atom stereocenters. The van der Waals surface area contributed by atoms with Crippen molar-refractivity contribution in [1.82, 2.24) is 0 Å². The quantitative estimate of drug-likeness (QED) is 0.619. The highest BCUT2D eigenvalue weighted by Gasteiger charge is 2.46. The molecule has 18 heavy (non-hydrogen) atoms. The van der Waals surface area contributed by atoms with E-state index in [9.17, 15) is 13.2 Å². The molecule has 0 aliphatic rings. The fourth-order valence-electron chi connectivity index (χ4n) is 1.60. The molecule has 0 aliphatic heterocycles. The second-order valence-corrected chi connectivity index (χ2v) is 7.63. The van der Waals surface area contributed by atoms with Crippen LogP contribution in [0.5, 0.6) is 0 Å². The average Bonchev–Trinajstić information content (AvgIpc) is 2.36. The number of Topliss-reactive ketones (excluding diaryl/α,β-unsaturated/α-hetero) is 1. The van der Waals surface area contributed by atoms with Crippen molar-refractivity contribution >= 4 is 38.8 Å². The fourth-order valence-corrected chi connectivity index (χ4v) is 3.52. The molecular formula is C12H14Cl2O3S. The van der Waals surface area contributed by atoms with Crippen LogP contribution in [0.3, 0.4) is 0 Å². The van der Waals surface area contributed by atoms with E-state index in [0.29, 0.717) is 5.02 Å². The first-order valence-corrected chi connectivity index (χ1v) is 7.91. The molecule has 1 aromatic rings. The zero-order valence-electron chi connectivity index (χ0n) is 10.1. The van der Waals surface area contributed by atoms with Gasteiger partial charge >= 0.3 is 0 Å². The Morgan fingerprint density at radius 1 is 1.33 bits per heavy atom. The van der Waals surface area contributed by atoms with Crippen molar-refractivity contribution in [3.63, 3.8) is 0 Å². The predicted molar refractivity (Wildman–Crippen MR) is 74.1 cm³/mol. The minimum absolute atomic E-state index is 0.01000. The Hall–Kier alpha value is -0.580. The van der Waals surface area contributed by atoms with Gasteiger partial charge in [0.05, 0.1) is 0 Å². The van der Waals surface area contributed by atoms with Gasteiger partial charge in [-0.3, -0.25) is 4.79 Å². The first kappa shape index (κ1) is 15.5. The van der Waals surface area contributed by atoms with Crippen molar-refractivity contribution in [1.29, 1.82) is 0 Å². The first-order valence-electron chi connectivity index (χ1n) is 5.50. The normalized spacial score (nSPS) is 15.1. The SMILES string of the molecule is CC[C@@](Cl)(C(=O)c1cccc(Cl)c1)S(=O)(=O)CC. The summed E-state index contributed by atoms with van der Waals surface area (Å²) >= 11 is 11.9. The molecule has 0 heterocycles. The summed E-state index contributed by atoms with van der Waals surface area (Å²) in [6.45, 7) is 3.04. The molecule has 0 saturated heterocycles. The van der Waals surface area contributed by atoms with Crippen molar-refractivity contribution in [2.24, 2.45) is 0 Å². The van der Waals surface area contributed by atoms with Gasteiger partial charge in [0.2, 0.25) is 4.21 Å². The summed E-state index contributed by atoms with van der Waals surface area (Å²) in [6.07, 6.45) is 0.01000. The van der Waals surface area contributed by atoms with E-state index >= 15 is 0 Å². The minimum Gasteiger partial charge on any atom is -0.291 e. The molecule has 0 saturated carbocycles. The largest absolute Gasteiger partial charge is 0.291 e. The lowest BCUT2D eigenvalue weighted by Crippen LogP contribution is -2.41. The summed E-state index contributed by atoms with van der Waals surface area (Å²) in [5, 5.41) is 0.366. The molecule has 1 rings (SSSR count). The van der Waals surface area contributed by atoms with E-state index in [1.54, 1.807) is 19.1 Å². The van der Waals surface area contributed by atoms with Gasteiger partial charge in [0.1, 0.15) is 0 Å². The smallest absolute Gasteiger partial charge is 0.207 e. The maximum Gasteiger partial charge on any atom is 0.207 e. The van der Waals surface area contributed by atoms with Gasteiger partial charge in [-0.25, -0.2) is 8.42 Å². The van der Waals surface area contributed by atoms with Crippen LogP contribution in [0.2, 0.25) is 5.02 Å². The molecule has 0 aliphatic carbocycles. The maximum absolute atomic E-state index is 12.3. The first-order chi connectivity index (χ1) is 8.28. The van der Waals surface area contributed by atoms with Crippen LogP contribution in [0.25, 0.3) is 0 Å². The van der Waals surface area contributed by atoms with E-state index in [1.165, 1.54) is 19.1 Å². The van der Waals surface area contributed by atoms with Gasteiger partial charge in [0.15, 0.2) is 15.6 Å². The third-order valence-electron chi connectivity index (χ3n) is 2.75. The van der Waals surface area contributed by atoms with Crippen molar-refractivity contribution in [3.8, 4) is 0 Å². The number of sulfone groups is 1. The van der Waals surface area contributed by atoms with Crippen LogP contribution in [0.15, 0.2) is 24.3 Å². The summed E-state index contributed by atoms with van der Waals surface area (Å²) in [4.78, 5) is 12.3. The number of halogens is 2. The Bertz CT molecular complexity index is 554. The third kappa shape index (κ3) is 2.71. The van der Waals surface area contributed by atoms with Gasteiger partial charge in [-0.1, -0.05) is 49.2 Å². The van der Waals surface area contributed by atoms with Gasteiger partial charge in [0.25, 0.3) is 0 Å². The molecule has 0 fully saturated rings. The van der Waals surface area contributed by atoms with Crippen LogP contribution >= 0.6 is 23.2 Å². The van der Waals surface area contributed by atoms with E-state index in [2.05, 4.69) is 0 Å². The molecule has 0 N–H and O–H groups in total. The minimum atomic E-state index is -3.70. The van der Waals surface area contributed by atoms with Gasteiger partial charge in [-0.05, 0) is 18.6 Å². The maximum atomic E-state index is 12.3. The topological polar surface area (TPSA) is 51.2 Å². The number of alkyl halides is 1. The molecule has 1 aromatic carbocycles. The lowest BCUT2D eigenvalue weighted by atomic mass is 10.1. The van der Waals surface area contributed by atoms with Crippen LogP contribution in [-0.4, -0.2) is 24.2 Å². The zero-order chi connectivity index (χ0) is 14.0. The van der Waals surface area contributed by atoms with Gasteiger partial charge < -0.3 is 0 Å². The highest BCUT2D eigenvalue weighted by Crippen LogP contribution is 2.32. The number of hydrogen-bond acceptors (Lipinski definition) is 3. The van der Waals surface area contributed by atoms with E-state index in [-0.39, 0.29) is 17.7 Å². The molecule has 6 heteroatoms. The van der Waals surface area contributed by atoms with Gasteiger partial charge in [-0.2, -0.15) is 0 Å². The van der Waals surface area contributed by atoms with Crippen LogP contribution in [-0.2, 0) is 9.84 Å². The highest BCUT2D eigenvalue weighted by atomic mass is 35.5. The summed E-state index contributed by atoms with van der Waals surface area (Å²) < 4.78 is 22.0. The van der Waals surface area contributed by atoms with Crippen molar-refractivity contribution in [2.45, 2.75) is 24.5 Å². The zero-order valence-corrected chi connectivity index (χ0v) is 12.4. The Morgan fingerprint density at radius 3 is 2.39 bits per heavy atom. The Morgan fingerprint density at radius 2 is 1.94 bits per heavy atom. The average molecular weight is 309 g/mol. The Kier molecular flexibility index (Phi) is 4.81. The van der Waals surface area contributed by atoms with E-state index in [1.807, 2.05) is 0 Å². The lowest BCUT2D eigenvalue weighted by molar-refractivity contribution is 0.0970. The molecule has 0 radical (unpaired) electrons. The summed E-state index contributed by atoms with van der Waals surface area (Å²) in [6, 6.07) is 6.11. The number of rotatable bonds is 5. The molecule has 0 amide bonds. The lowest BCUT2D eigenvalue weighted by Gasteiger charge is -2.23. The van der Waals surface area contributed by atoms with Crippen LogP contribution in [0.1, 0.15) is 30.6 Å². The van der Waals surface area contributed by atoms with Crippen LogP contribution < -0.4 is 0 Å². The molecular weight excluding hydrogens is 295 g/mol. The second-order valence-electron chi connectivity index (χ2n) is 3.82. The van der Waals surface area contributed by atoms with E-state index in [4.69, 9.17) is 23.2 Å². The highest BCUT2D eigenvalue weighted by molar-refractivity contribution is 7.95.